The number of aryl methyl sites for hydroxylation is 1. The lowest BCUT2D eigenvalue weighted by Gasteiger charge is -2.21. The van der Waals surface area contributed by atoms with Gasteiger partial charge in [-0.1, -0.05) is 13.0 Å². The highest BCUT2D eigenvalue weighted by molar-refractivity contribution is 5.79. The Labute approximate surface area is 95.0 Å². The van der Waals surface area contributed by atoms with Crippen LogP contribution in [0.3, 0.4) is 0 Å². The predicted molar refractivity (Wildman–Crippen MR) is 62.0 cm³/mol. The first-order chi connectivity index (χ1) is 7.72. The van der Waals surface area contributed by atoms with Crippen LogP contribution < -0.4 is 0 Å². The largest absolute Gasteiger partial charge is 0.273 e. The van der Waals surface area contributed by atoms with Gasteiger partial charge in [-0.15, -0.1) is 0 Å². The summed E-state index contributed by atoms with van der Waals surface area (Å²) in [6.07, 6.45) is 4.87. The van der Waals surface area contributed by atoms with Crippen molar-refractivity contribution >= 4 is 12.1 Å². The van der Waals surface area contributed by atoms with Gasteiger partial charge in [-0.25, -0.2) is 5.01 Å². The molecule has 4 nitrogen and oxygen atoms in total. The second-order valence-electron chi connectivity index (χ2n) is 3.87. The van der Waals surface area contributed by atoms with E-state index >= 15 is 0 Å². The number of rotatable bonds is 2. The van der Waals surface area contributed by atoms with Crippen molar-refractivity contribution in [1.29, 1.82) is 0 Å². The van der Waals surface area contributed by atoms with E-state index in [1.54, 1.807) is 11.2 Å². The van der Waals surface area contributed by atoms with Crippen LogP contribution >= 0.6 is 0 Å². The summed E-state index contributed by atoms with van der Waals surface area (Å²) in [5.41, 5.74) is 2.03. The molecule has 16 heavy (non-hydrogen) atoms. The van der Waals surface area contributed by atoms with Gasteiger partial charge in [0.2, 0.25) is 5.91 Å². The van der Waals surface area contributed by atoms with Crippen molar-refractivity contribution < 1.29 is 4.79 Å². The molecule has 1 atom stereocenters. The molecule has 0 saturated carbocycles. The topological polar surface area (TPSA) is 45.6 Å². The van der Waals surface area contributed by atoms with Gasteiger partial charge in [0.05, 0.1) is 6.04 Å². The van der Waals surface area contributed by atoms with Crippen molar-refractivity contribution in [3.63, 3.8) is 0 Å². The first-order valence-corrected chi connectivity index (χ1v) is 5.49. The van der Waals surface area contributed by atoms with Gasteiger partial charge in [0.1, 0.15) is 0 Å². The molecular formula is C12H15N3O. The zero-order valence-corrected chi connectivity index (χ0v) is 9.55. The molecule has 0 saturated heterocycles. The van der Waals surface area contributed by atoms with E-state index in [0.29, 0.717) is 6.42 Å². The SMILES string of the molecule is CCC(=O)N1N=CCC1c1ccc(C)nc1. The third kappa shape index (κ3) is 1.96. The van der Waals surface area contributed by atoms with E-state index < -0.39 is 0 Å². The van der Waals surface area contributed by atoms with Crippen molar-refractivity contribution in [1.82, 2.24) is 9.99 Å². The molecule has 4 heteroatoms. The number of amides is 1. The Hall–Kier alpha value is -1.71. The fourth-order valence-corrected chi connectivity index (χ4v) is 1.77. The quantitative estimate of drug-likeness (QED) is 0.761. The van der Waals surface area contributed by atoms with Gasteiger partial charge in [0.25, 0.3) is 0 Å². The molecule has 2 rings (SSSR count). The zero-order valence-electron chi connectivity index (χ0n) is 9.55. The van der Waals surface area contributed by atoms with E-state index in [-0.39, 0.29) is 11.9 Å². The molecule has 0 N–H and O–H groups in total. The number of aromatic nitrogens is 1. The molecule has 1 amide bonds. The summed E-state index contributed by atoms with van der Waals surface area (Å²) in [7, 11) is 0. The number of carbonyl (C=O) groups is 1. The molecule has 1 aromatic heterocycles. The summed E-state index contributed by atoms with van der Waals surface area (Å²) in [5, 5.41) is 5.68. The lowest BCUT2D eigenvalue weighted by molar-refractivity contribution is -0.132. The lowest BCUT2D eigenvalue weighted by Crippen LogP contribution is -2.26. The second kappa shape index (κ2) is 4.43. The summed E-state index contributed by atoms with van der Waals surface area (Å²) in [4.78, 5) is 15.9. The molecule has 1 aromatic rings. The van der Waals surface area contributed by atoms with Gasteiger partial charge in [-0.05, 0) is 18.6 Å². The van der Waals surface area contributed by atoms with Crippen LogP contribution in [0.1, 0.15) is 37.1 Å². The average Bonchev–Trinajstić information content (AvgIpc) is 2.78. The molecule has 84 valence electrons. The van der Waals surface area contributed by atoms with E-state index in [1.165, 1.54) is 0 Å². The van der Waals surface area contributed by atoms with E-state index in [0.717, 1.165) is 17.7 Å². The maximum atomic E-state index is 11.7. The van der Waals surface area contributed by atoms with Crippen molar-refractivity contribution in [2.45, 2.75) is 32.7 Å². The van der Waals surface area contributed by atoms with Crippen molar-refractivity contribution in [2.75, 3.05) is 0 Å². The fraction of sp³-hybridized carbons (Fsp3) is 0.417. The average molecular weight is 217 g/mol. The summed E-state index contributed by atoms with van der Waals surface area (Å²) in [6.45, 7) is 3.80. The molecule has 0 aliphatic carbocycles. The summed E-state index contributed by atoms with van der Waals surface area (Å²) in [6, 6.07) is 4.00. The highest BCUT2D eigenvalue weighted by Gasteiger charge is 2.26. The first kappa shape index (κ1) is 10.8. The third-order valence-electron chi connectivity index (χ3n) is 2.71. The molecule has 2 heterocycles. The molecule has 1 aliphatic rings. The number of hydrazone groups is 1. The Morgan fingerprint density at radius 1 is 1.56 bits per heavy atom. The lowest BCUT2D eigenvalue weighted by atomic mass is 10.1. The Morgan fingerprint density at radius 3 is 3.00 bits per heavy atom. The van der Waals surface area contributed by atoms with Crippen molar-refractivity contribution in [2.24, 2.45) is 5.10 Å². The minimum atomic E-state index is 0.0283. The van der Waals surface area contributed by atoms with Crippen LogP contribution in [0.4, 0.5) is 0 Å². The molecule has 0 fully saturated rings. The van der Waals surface area contributed by atoms with Crippen LogP contribution in [0, 0.1) is 6.92 Å². The summed E-state index contributed by atoms with van der Waals surface area (Å²) >= 11 is 0. The normalized spacial score (nSPS) is 19.1. The van der Waals surface area contributed by atoms with Crippen LogP contribution in [0.15, 0.2) is 23.4 Å². The highest BCUT2D eigenvalue weighted by Crippen LogP contribution is 2.28. The Balaban J connectivity index is 2.21. The molecule has 0 radical (unpaired) electrons. The predicted octanol–water partition coefficient (Wildman–Crippen LogP) is 2.06. The maximum Gasteiger partial charge on any atom is 0.242 e. The van der Waals surface area contributed by atoms with Crippen molar-refractivity contribution in [3.05, 3.63) is 29.6 Å². The molecule has 1 aliphatic heterocycles. The Kier molecular flexibility index (Phi) is 2.99. The van der Waals surface area contributed by atoms with E-state index in [9.17, 15) is 4.79 Å². The number of nitrogens with zero attached hydrogens (tertiary/aromatic N) is 3. The molecule has 0 bridgehead atoms. The van der Waals surface area contributed by atoms with Crippen LogP contribution in [-0.2, 0) is 4.79 Å². The zero-order chi connectivity index (χ0) is 11.5. The standard InChI is InChI=1S/C12H15N3O/c1-3-12(16)15-11(6-7-14-15)10-5-4-9(2)13-8-10/h4-5,7-8,11H,3,6H2,1-2H3. The fourth-order valence-electron chi connectivity index (χ4n) is 1.77. The Morgan fingerprint density at radius 2 is 2.38 bits per heavy atom. The maximum absolute atomic E-state index is 11.7. The third-order valence-corrected chi connectivity index (χ3v) is 2.71. The van der Waals surface area contributed by atoms with Gasteiger partial charge < -0.3 is 0 Å². The summed E-state index contributed by atoms with van der Waals surface area (Å²) < 4.78 is 0. The number of carbonyl (C=O) groups excluding carboxylic acids is 1. The molecular weight excluding hydrogens is 202 g/mol. The van der Waals surface area contributed by atoms with E-state index in [2.05, 4.69) is 10.1 Å². The molecule has 1 unspecified atom stereocenters. The van der Waals surface area contributed by atoms with Crippen LogP contribution in [-0.4, -0.2) is 22.1 Å². The van der Waals surface area contributed by atoms with E-state index in [4.69, 9.17) is 0 Å². The van der Waals surface area contributed by atoms with Gasteiger partial charge in [-0.2, -0.15) is 5.10 Å². The Bertz CT molecular complexity index is 411. The van der Waals surface area contributed by atoms with Crippen LogP contribution in [0.2, 0.25) is 0 Å². The first-order valence-electron chi connectivity index (χ1n) is 5.49. The van der Waals surface area contributed by atoms with Gasteiger partial charge in [-0.3, -0.25) is 9.78 Å². The molecule has 0 spiro atoms. The number of hydrogen-bond donors (Lipinski definition) is 0. The number of pyridine rings is 1. The van der Waals surface area contributed by atoms with Crippen LogP contribution in [0.25, 0.3) is 0 Å². The number of hydrogen-bond acceptors (Lipinski definition) is 3. The summed E-state index contributed by atoms with van der Waals surface area (Å²) in [5.74, 6) is 0.0549. The highest BCUT2D eigenvalue weighted by atomic mass is 16.2. The second-order valence-corrected chi connectivity index (χ2v) is 3.87. The minimum absolute atomic E-state index is 0.0283. The van der Waals surface area contributed by atoms with Gasteiger partial charge in [0.15, 0.2) is 0 Å². The van der Waals surface area contributed by atoms with Gasteiger partial charge in [0, 0.05) is 30.9 Å². The van der Waals surface area contributed by atoms with Crippen molar-refractivity contribution in [3.8, 4) is 0 Å². The molecule has 0 aromatic carbocycles. The van der Waals surface area contributed by atoms with Gasteiger partial charge >= 0.3 is 0 Å². The van der Waals surface area contributed by atoms with E-state index in [1.807, 2.05) is 32.2 Å². The monoisotopic (exact) mass is 217 g/mol. The van der Waals surface area contributed by atoms with Crippen LogP contribution in [0.5, 0.6) is 0 Å². The smallest absolute Gasteiger partial charge is 0.242 e. The minimum Gasteiger partial charge on any atom is -0.273 e.